The fourth-order valence-electron chi connectivity index (χ4n) is 4.03. The second-order valence-electron chi connectivity index (χ2n) is 6.08. The lowest BCUT2D eigenvalue weighted by atomic mass is 9.92. The molecule has 108 valence electrons. The third kappa shape index (κ3) is 1.85. The van der Waals surface area contributed by atoms with Crippen molar-refractivity contribution in [2.24, 2.45) is 0 Å². The number of hydrogen-bond donors (Lipinski definition) is 1. The summed E-state index contributed by atoms with van der Waals surface area (Å²) in [5.41, 5.74) is 7.21. The van der Waals surface area contributed by atoms with Crippen LogP contribution in [0.1, 0.15) is 36.5 Å². The molecule has 0 spiro atoms. The molecule has 0 saturated carbocycles. The molecule has 21 heavy (non-hydrogen) atoms. The monoisotopic (exact) mass is 278 g/mol. The van der Waals surface area contributed by atoms with Gasteiger partial charge in [0.25, 0.3) is 0 Å². The van der Waals surface area contributed by atoms with Gasteiger partial charge in [0.1, 0.15) is 0 Å². The van der Waals surface area contributed by atoms with Gasteiger partial charge in [-0.15, -0.1) is 0 Å². The predicted molar refractivity (Wildman–Crippen MR) is 89.4 cm³/mol. The Labute approximate surface area is 126 Å². The van der Waals surface area contributed by atoms with Crippen molar-refractivity contribution in [2.75, 3.05) is 23.3 Å². The Bertz CT molecular complexity index is 673. The zero-order valence-corrected chi connectivity index (χ0v) is 12.8. The molecule has 0 unspecified atom stereocenters. The van der Waals surface area contributed by atoms with Crippen molar-refractivity contribution in [1.29, 1.82) is 0 Å². The Morgan fingerprint density at radius 1 is 1.05 bits per heavy atom. The average Bonchev–Trinajstić information content (AvgIpc) is 3.03. The first-order chi connectivity index (χ1) is 10.3. The van der Waals surface area contributed by atoms with Crippen LogP contribution in [-0.4, -0.2) is 19.1 Å². The van der Waals surface area contributed by atoms with Gasteiger partial charge in [0.2, 0.25) is 0 Å². The maximum absolute atomic E-state index is 3.71. The van der Waals surface area contributed by atoms with Crippen LogP contribution in [0.5, 0.6) is 0 Å². The van der Waals surface area contributed by atoms with Crippen molar-refractivity contribution >= 4 is 11.4 Å². The summed E-state index contributed by atoms with van der Waals surface area (Å²) in [5, 5.41) is 3.71. The summed E-state index contributed by atoms with van der Waals surface area (Å²) in [6.07, 6.45) is 1.15. The van der Waals surface area contributed by atoms with Crippen molar-refractivity contribution in [3.05, 3.63) is 59.2 Å². The summed E-state index contributed by atoms with van der Waals surface area (Å²) in [6, 6.07) is 16.4. The minimum absolute atomic E-state index is 0.534. The molecule has 0 aromatic heterocycles. The van der Waals surface area contributed by atoms with E-state index in [0.29, 0.717) is 12.0 Å². The molecule has 0 fully saturated rings. The van der Waals surface area contributed by atoms with E-state index in [1.54, 1.807) is 0 Å². The SMILES string of the molecule is CCN(CC)c1ccc2c(c1)[C@@H]1c3ccccc3N[C@@H]1C2. The molecule has 1 aliphatic heterocycles. The average molecular weight is 278 g/mol. The highest BCUT2D eigenvalue weighted by Crippen LogP contribution is 2.47. The van der Waals surface area contributed by atoms with E-state index in [2.05, 4.69) is 66.5 Å². The van der Waals surface area contributed by atoms with Gasteiger partial charge in [-0.2, -0.15) is 0 Å². The molecular weight excluding hydrogens is 256 g/mol. The number of fused-ring (bicyclic) bond motifs is 5. The molecule has 2 nitrogen and oxygen atoms in total. The smallest absolute Gasteiger partial charge is 0.0411 e. The highest BCUT2D eigenvalue weighted by atomic mass is 15.1. The minimum atomic E-state index is 0.534. The topological polar surface area (TPSA) is 15.3 Å². The molecular formula is C19H22N2. The fourth-order valence-corrected chi connectivity index (χ4v) is 4.03. The van der Waals surface area contributed by atoms with Crippen LogP contribution in [-0.2, 0) is 6.42 Å². The van der Waals surface area contributed by atoms with Gasteiger partial charge >= 0.3 is 0 Å². The zero-order valence-electron chi connectivity index (χ0n) is 12.8. The Kier molecular flexibility index (Phi) is 2.91. The summed E-state index contributed by atoms with van der Waals surface area (Å²) in [6.45, 7) is 6.59. The van der Waals surface area contributed by atoms with Crippen molar-refractivity contribution in [2.45, 2.75) is 32.2 Å². The molecule has 0 amide bonds. The molecule has 1 N–H and O–H groups in total. The summed E-state index contributed by atoms with van der Waals surface area (Å²) in [4.78, 5) is 2.43. The number of para-hydroxylation sites is 1. The summed E-state index contributed by atoms with van der Waals surface area (Å²) in [5.74, 6) is 0.534. The number of hydrogen-bond acceptors (Lipinski definition) is 2. The second-order valence-corrected chi connectivity index (χ2v) is 6.08. The van der Waals surface area contributed by atoms with Crippen molar-refractivity contribution in [1.82, 2.24) is 0 Å². The number of rotatable bonds is 3. The highest BCUT2D eigenvalue weighted by Gasteiger charge is 2.39. The number of anilines is 2. The zero-order chi connectivity index (χ0) is 14.4. The minimum Gasteiger partial charge on any atom is -0.381 e. The van der Waals surface area contributed by atoms with Crippen LogP contribution in [0.3, 0.4) is 0 Å². The molecule has 2 heteroatoms. The van der Waals surface area contributed by atoms with Gasteiger partial charge in [-0.1, -0.05) is 24.3 Å². The maximum atomic E-state index is 3.71. The first-order valence-corrected chi connectivity index (χ1v) is 8.05. The van der Waals surface area contributed by atoms with Gasteiger partial charge in [-0.3, -0.25) is 0 Å². The molecule has 1 aliphatic carbocycles. The van der Waals surface area contributed by atoms with Crippen LogP contribution in [0, 0.1) is 0 Å². The Morgan fingerprint density at radius 3 is 2.67 bits per heavy atom. The van der Waals surface area contributed by atoms with Crippen molar-refractivity contribution in [3.63, 3.8) is 0 Å². The van der Waals surface area contributed by atoms with Gasteiger partial charge in [0.15, 0.2) is 0 Å². The fraction of sp³-hybridized carbons (Fsp3) is 0.368. The normalized spacial score (nSPS) is 21.4. The van der Waals surface area contributed by atoms with Gasteiger partial charge in [-0.25, -0.2) is 0 Å². The molecule has 2 aliphatic rings. The van der Waals surface area contributed by atoms with E-state index in [4.69, 9.17) is 0 Å². The van der Waals surface area contributed by atoms with Crippen LogP contribution in [0.2, 0.25) is 0 Å². The Hall–Kier alpha value is -1.96. The van der Waals surface area contributed by atoms with Crippen molar-refractivity contribution < 1.29 is 0 Å². The first kappa shape index (κ1) is 12.8. The lowest BCUT2D eigenvalue weighted by Crippen LogP contribution is -2.22. The second kappa shape index (κ2) is 4.80. The largest absolute Gasteiger partial charge is 0.381 e. The lowest BCUT2D eigenvalue weighted by molar-refractivity contribution is 0.727. The Morgan fingerprint density at radius 2 is 1.86 bits per heavy atom. The van der Waals surface area contributed by atoms with Crippen LogP contribution < -0.4 is 10.2 Å². The van der Waals surface area contributed by atoms with E-state index < -0.39 is 0 Å². The predicted octanol–water partition coefficient (Wildman–Crippen LogP) is 4.01. The summed E-state index contributed by atoms with van der Waals surface area (Å²) >= 11 is 0. The van der Waals surface area contributed by atoms with Crippen LogP contribution in [0.4, 0.5) is 11.4 Å². The highest BCUT2D eigenvalue weighted by molar-refractivity contribution is 5.67. The van der Waals surface area contributed by atoms with Gasteiger partial charge in [0, 0.05) is 36.4 Å². The van der Waals surface area contributed by atoms with E-state index in [1.807, 2.05) is 0 Å². The number of nitrogens with one attached hydrogen (secondary N) is 1. The van der Waals surface area contributed by atoms with Crippen LogP contribution >= 0.6 is 0 Å². The molecule has 4 rings (SSSR count). The molecule has 2 aromatic rings. The van der Waals surface area contributed by atoms with Gasteiger partial charge in [-0.05, 0) is 55.2 Å². The molecule has 2 atom stereocenters. The van der Waals surface area contributed by atoms with Crippen LogP contribution in [0.25, 0.3) is 0 Å². The van der Waals surface area contributed by atoms with Crippen LogP contribution in [0.15, 0.2) is 42.5 Å². The molecule has 1 heterocycles. The maximum Gasteiger partial charge on any atom is 0.0411 e. The summed E-state index contributed by atoms with van der Waals surface area (Å²) < 4.78 is 0. The van der Waals surface area contributed by atoms with Gasteiger partial charge in [0.05, 0.1) is 0 Å². The van der Waals surface area contributed by atoms with Gasteiger partial charge < -0.3 is 10.2 Å². The molecule has 0 saturated heterocycles. The van der Waals surface area contributed by atoms with Crippen molar-refractivity contribution in [3.8, 4) is 0 Å². The third-order valence-electron chi connectivity index (χ3n) is 5.07. The van der Waals surface area contributed by atoms with E-state index in [1.165, 1.54) is 28.1 Å². The Balaban J connectivity index is 1.78. The van der Waals surface area contributed by atoms with E-state index >= 15 is 0 Å². The molecule has 0 radical (unpaired) electrons. The molecule has 2 aromatic carbocycles. The molecule has 0 bridgehead atoms. The standard InChI is InChI=1S/C19H22N2/c1-3-21(4-2)14-10-9-13-11-18-19(16(13)12-14)15-7-5-6-8-17(15)20-18/h5-10,12,18-20H,3-4,11H2,1-2H3/t18-,19+/m1/s1. The van der Waals surface area contributed by atoms with E-state index in [9.17, 15) is 0 Å². The first-order valence-electron chi connectivity index (χ1n) is 8.05. The quantitative estimate of drug-likeness (QED) is 0.912. The third-order valence-corrected chi connectivity index (χ3v) is 5.07. The van der Waals surface area contributed by atoms with E-state index in [-0.39, 0.29) is 0 Å². The summed E-state index contributed by atoms with van der Waals surface area (Å²) in [7, 11) is 0. The van der Waals surface area contributed by atoms with E-state index in [0.717, 1.165) is 19.5 Å². The number of benzene rings is 2. The number of nitrogens with zero attached hydrogens (tertiary/aromatic N) is 1. The lowest BCUT2D eigenvalue weighted by Gasteiger charge is -2.22.